The van der Waals surface area contributed by atoms with Gasteiger partial charge in [0.05, 0.1) is 0 Å². The van der Waals surface area contributed by atoms with Gasteiger partial charge in [-0.3, -0.25) is 14.6 Å². The Bertz CT molecular complexity index is 730. The highest BCUT2D eigenvalue weighted by Gasteiger charge is 2.31. The van der Waals surface area contributed by atoms with Crippen LogP contribution >= 0.6 is 0 Å². The molecule has 0 unspecified atom stereocenters. The molecule has 1 saturated heterocycles. The number of nitrogens with two attached hydrogens (primary N) is 1. The summed E-state index contributed by atoms with van der Waals surface area (Å²) < 4.78 is 0. The molecule has 24 heavy (non-hydrogen) atoms. The maximum absolute atomic E-state index is 12.6. The molecule has 1 aliphatic rings. The Morgan fingerprint density at radius 1 is 1.08 bits per heavy atom. The first-order chi connectivity index (χ1) is 11.6. The minimum atomic E-state index is -0.0947. The van der Waals surface area contributed by atoms with Gasteiger partial charge in [0.2, 0.25) is 0 Å². The summed E-state index contributed by atoms with van der Waals surface area (Å²) in [4.78, 5) is 32.8. The fourth-order valence-corrected chi connectivity index (χ4v) is 2.89. The molecule has 1 aromatic carbocycles. The zero-order chi connectivity index (χ0) is 17.1. The predicted molar refractivity (Wildman–Crippen MR) is 91.5 cm³/mol. The molecule has 2 aromatic rings. The number of nitrogens with zero attached hydrogens (tertiary/aromatic N) is 3. The summed E-state index contributed by atoms with van der Waals surface area (Å²) in [5.41, 5.74) is 7.33. The van der Waals surface area contributed by atoms with Crippen LogP contribution in [0.15, 0.2) is 48.7 Å². The molecule has 0 spiro atoms. The summed E-state index contributed by atoms with van der Waals surface area (Å²) in [6.07, 6.45) is 1.61. The van der Waals surface area contributed by atoms with Gasteiger partial charge in [-0.05, 0) is 43.3 Å². The normalized spacial score (nSPS) is 17.6. The fraction of sp³-hybridized carbons (Fsp3) is 0.278. The van der Waals surface area contributed by atoms with E-state index in [1.54, 1.807) is 58.5 Å². The van der Waals surface area contributed by atoms with Gasteiger partial charge in [0.1, 0.15) is 5.69 Å². The van der Waals surface area contributed by atoms with E-state index in [2.05, 4.69) is 4.98 Å². The van der Waals surface area contributed by atoms with Gasteiger partial charge in [0.15, 0.2) is 0 Å². The van der Waals surface area contributed by atoms with E-state index < -0.39 is 0 Å². The molecular formula is C18H20N4O2. The van der Waals surface area contributed by atoms with Crippen LogP contribution in [0.25, 0.3) is 0 Å². The van der Waals surface area contributed by atoms with E-state index in [-0.39, 0.29) is 17.9 Å². The zero-order valence-corrected chi connectivity index (χ0v) is 13.6. The molecule has 0 radical (unpaired) electrons. The number of hydrogen-bond donors (Lipinski definition) is 1. The summed E-state index contributed by atoms with van der Waals surface area (Å²) in [5.74, 6) is -0.130. The van der Waals surface area contributed by atoms with Gasteiger partial charge < -0.3 is 15.5 Å². The molecule has 0 aliphatic carbocycles. The summed E-state index contributed by atoms with van der Waals surface area (Å²) in [6.45, 7) is 3.45. The van der Waals surface area contributed by atoms with Crippen LogP contribution in [0, 0.1) is 0 Å². The van der Waals surface area contributed by atoms with E-state index in [9.17, 15) is 9.59 Å². The minimum Gasteiger partial charge on any atom is -0.399 e. The topological polar surface area (TPSA) is 79.5 Å². The number of amides is 2. The van der Waals surface area contributed by atoms with Crippen LogP contribution in [-0.2, 0) is 0 Å². The molecule has 1 aliphatic heterocycles. The average Bonchev–Trinajstić information content (AvgIpc) is 2.62. The van der Waals surface area contributed by atoms with Crippen molar-refractivity contribution in [3.63, 3.8) is 0 Å². The van der Waals surface area contributed by atoms with Crippen molar-refractivity contribution in [3.05, 3.63) is 59.9 Å². The van der Waals surface area contributed by atoms with Crippen LogP contribution in [0.3, 0.4) is 0 Å². The number of hydrogen-bond acceptors (Lipinski definition) is 4. The second-order valence-electron chi connectivity index (χ2n) is 5.94. The van der Waals surface area contributed by atoms with Gasteiger partial charge in [0.25, 0.3) is 11.8 Å². The Hall–Kier alpha value is -2.89. The van der Waals surface area contributed by atoms with E-state index >= 15 is 0 Å². The Morgan fingerprint density at radius 3 is 2.46 bits per heavy atom. The molecule has 0 saturated carbocycles. The molecule has 0 bridgehead atoms. The molecule has 6 nitrogen and oxygen atoms in total. The summed E-state index contributed by atoms with van der Waals surface area (Å²) in [5, 5.41) is 0. The third-order valence-electron chi connectivity index (χ3n) is 4.22. The number of anilines is 1. The number of benzene rings is 1. The van der Waals surface area contributed by atoms with Crippen molar-refractivity contribution in [1.29, 1.82) is 0 Å². The first kappa shape index (κ1) is 16.0. The third-order valence-corrected chi connectivity index (χ3v) is 4.22. The third kappa shape index (κ3) is 3.22. The van der Waals surface area contributed by atoms with Gasteiger partial charge >= 0.3 is 0 Å². The zero-order valence-electron chi connectivity index (χ0n) is 13.6. The Balaban J connectivity index is 1.68. The Labute approximate surface area is 140 Å². The number of piperazine rings is 1. The number of nitrogen functional groups attached to an aromatic ring is 1. The quantitative estimate of drug-likeness (QED) is 0.852. The van der Waals surface area contributed by atoms with Gasteiger partial charge in [-0.25, -0.2) is 0 Å². The smallest absolute Gasteiger partial charge is 0.272 e. The van der Waals surface area contributed by atoms with Crippen molar-refractivity contribution in [2.75, 3.05) is 25.4 Å². The molecule has 124 valence electrons. The van der Waals surface area contributed by atoms with Crippen LogP contribution in [0.4, 0.5) is 5.69 Å². The van der Waals surface area contributed by atoms with Gasteiger partial charge in [-0.2, -0.15) is 0 Å². The Morgan fingerprint density at radius 2 is 1.83 bits per heavy atom. The largest absolute Gasteiger partial charge is 0.399 e. The lowest BCUT2D eigenvalue weighted by molar-refractivity contribution is 0.0411. The lowest BCUT2D eigenvalue weighted by atomic mass is 10.1. The van der Waals surface area contributed by atoms with Gasteiger partial charge in [-0.1, -0.05) is 6.07 Å². The number of carbonyl (C=O) groups excluding carboxylic acids is 2. The van der Waals surface area contributed by atoms with E-state index in [4.69, 9.17) is 5.73 Å². The standard InChI is InChI=1S/C18H20N4O2/c1-13-12-21(17(23)14-5-7-15(19)8-6-14)10-11-22(13)18(24)16-4-2-3-9-20-16/h2-9,13H,10-12,19H2,1H3/t13-/m0/s1. The first-order valence-electron chi connectivity index (χ1n) is 7.93. The van der Waals surface area contributed by atoms with Crippen LogP contribution in [0.2, 0.25) is 0 Å². The molecule has 3 rings (SSSR count). The van der Waals surface area contributed by atoms with E-state index in [0.717, 1.165) is 0 Å². The number of rotatable bonds is 2. The molecule has 2 heterocycles. The monoisotopic (exact) mass is 324 g/mol. The van der Waals surface area contributed by atoms with Crippen molar-refractivity contribution in [3.8, 4) is 0 Å². The summed E-state index contributed by atoms with van der Waals surface area (Å²) >= 11 is 0. The van der Waals surface area contributed by atoms with Crippen LogP contribution < -0.4 is 5.73 Å². The van der Waals surface area contributed by atoms with Gasteiger partial charge in [-0.15, -0.1) is 0 Å². The number of pyridine rings is 1. The summed E-state index contributed by atoms with van der Waals surface area (Å²) in [6, 6.07) is 12.1. The first-order valence-corrected chi connectivity index (χ1v) is 7.93. The van der Waals surface area contributed by atoms with Crippen LogP contribution in [0.1, 0.15) is 27.8 Å². The van der Waals surface area contributed by atoms with E-state index in [0.29, 0.717) is 36.6 Å². The number of carbonyl (C=O) groups is 2. The molecule has 1 fully saturated rings. The molecule has 2 amide bonds. The average molecular weight is 324 g/mol. The van der Waals surface area contributed by atoms with E-state index in [1.165, 1.54) is 0 Å². The second-order valence-corrected chi connectivity index (χ2v) is 5.94. The molecule has 1 aromatic heterocycles. The second kappa shape index (κ2) is 6.70. The molecule has 2 N–H and O–H groups in total. The van der Waals surface area contributed by atoms with Gasteiger partial charge in [0, 0.05) is 43.1 Å². The molecular weight excluding hydrogens is 304 g/mol. The van der Waals surface area contributed by atoms with Crippen LogP contribution in [0.5, 0.6) is 0 Å². The lowest BCUT2D eigenvalue weighted by Crippen LogP contribution is -2.55. The minimum absolute atomic E-state index is 0.0354. The van der Waals surface area contributed by atoms with Crippen molar-refractivity contribution in [1.82, 2.24) is 14.8 Å². The fourth-order valence-electron chi connectivity index (χ4n) is 2.89. The number of aromatic nitrogens is 1. The maximum atomic E-state index is 12.6. The summed E-state index contributed by atoms with van der Waals surface area (Å²) in [7, 11) is 0. The Kier molecular flexibility index (Phi) is 4.46. The predicted octanol–water partition coefficient (Wildman–Crippen LogP) is 1.65. The van der Waals surface area contributed by atoms with E-state index in [1.807, 2.05) is 6.92 Å². The lowest BCUT2D eigenvalue weighted by Gasteiger charge is -2.39. The molecule has 1 atom stereocenters. The SMILES string of the molecule is C[C@H]1CN(C(=O)c2ccc(N)cc2)CCN1C(=O)c1ccccn1. The highest BCUT2D eigenvalue weighted by atomic mass is 16.2. The molecule has 6 heteroatoms. The maximum Gasteiger partial charge on any atom is 0.272 e. The van der Waals surface area contributed by atoms with Crippen molar-refractivity contribution >= 4 is 17.5 Å². The van der Waals surface area contributed by atoms with Crippen molar-refractivity contribution < 1.29 is 9.59 Å². The van der Waals surface area contributed by atoms with Crippen molar-refractivity contribution in [2.45, 2.75) is 13.0 Å². The highest BCUT2D eigenvalue weighted by molar-refractivity contribution is 5.95. The van der Waals surface area contributed by atoms with Crippen molar-refractivity contribution in [2.24, 2.45) is 0 Å². The highest BCUT2D eigenvalue weighted by Crippen LogP contribution is 2.16. The van der Waals surface area contributed by atoms with Crippen LogP contribution in [-0.4, -0.2) is 52.3 Å².